The Balaban J connectivity index is 1.81. The van der Waals surface area contributed by atoms with E-state index in [-0.39, 0.29) is 31.7 Å². The molecule has 11 heteroatoms. The molecule has 0 radical (unpaired) electrons. The number of aldehydes is 1. The molecule has 0 spiro atoms. The lowest BCUT2D eigenvalue weighted by Gasteiger charge is -2.43. The summed E-state index contributed by atoms with van der Waals surface area (Å²) in [5, 5.41) is 16.1. The van der Waals surface area contributed by atoms with Crippen molar-refractivity contribution in [1.29, 1.82) is 0 Å². The first kappa shape index (κ1) is 22.9. The van der Waals surface area contributed by atoms with Crippen LogP contribution in [0.15, 0.2) is 30.3 Å². The maximum absolute atomic E-state index is 13.3. The van der Waals surface area contributed by atoms with Crippen molar-refractivity contribution in [2.24, 2.45) is 0 Å². The molecular formula is C21H24N4O7. The van der Waals surface area contributed by atoms with Crippen molar-refractivity contribution in [2.75, 3.05) is 6.54 Å². The summed E-state index contributed by atoms with van der Waals surface area (Å²) in [6.07, 6.45) is 0.456. The second-order valence-electron chi connectivity index (χ2n) is 7.64. The van der Waals surface area contributed by atoms with Crippen molar-refractivity contribution in [3.63, 3.8) is 0 Å². The van der Waals surface area contributed by atoms with Crippen molar-refractivity contribution in [1.82, 2.24) is 20.7 Å². The molecule has 2 heterocycles. The fraction of sp³-hybridized carbons (Fsp3) is 0.429. The Kier molecular flexibility index (Phi) is 7.18. The summed E-state index contributed by atoms with van der Waals surface area (Å²) in [6, 6.07) is 4.90. The largest absolute Gasteiger partial charge is 0.481 e. The molecule has 3 N–H and O–H groups in total. The molecule has 2 aliphatic rings. The fourth-order valence-corrected chi connectivity index (χ4v) is 3.84. The molecule has 1 aromatic carbocycles. The number of nitrogens with one attached hydrogen (secondary N) is 2. The van der Waals surface area contributed by atoms with Gasteiger partial charge in [0.25, 0.3) is 11.8 Å². The van der Waals surface area contributed by atoms with Crippen LogP contribution < -0.4 is 10.6 Å². The van der Waals surface area contributed by atoms with E-state index in [1.807, 2.05) is 0 Å². The van der Waals surface area contributed by atoms with Crippen LogP contribution in [0, 0.1) is 0 Å². The molecule has 0 unspecified atom stereocenters. The van der Waals surface area contributed by atoms with Gasteiger partial charge in [-0.15, -0.1) is 0 Å². The van der Waals surface area contributed by atoms with E-state index >= 15 is 0 Å². The first-order valence-corrected chi connectivity index (χ1v) is 10.3. The molecule has 0 aliphatic carbocycles. The van der Waals surface area contributed by atoms with Crippen LogP contribution in [0.3, 0.4) is 0 Å². The van der Waals surface area contributed by atoms with Crippen molar-refractivity contribution >= 4 is 35.9 Å². The predicted octanol–water partition coefficient (Wildman–Crippen LogP) is -0.528. The molecule has 0 bridgehead atoms. The number of fused-ring (bicyclic) bond motifs is 1. The van der Waals surface area contributed by atoms with Gasteiger partial charge in [-0.25, -0.2) is 5.01 Å². The summed E-state index contributed by atoms with van der Waals surface area (Å²) in [7, 11) is 0. The number of rotatable bonds is 7. The van der Waals surface area contributed by atoms with E-state index in [9.17, 15) is 28.8 Å². The van der Waals surface area contributed by atoms with E-state index < -0.39 is 48.2 Å². The Morgan fingerprint density at radius 1 is 1.16 bits per heavy atom. The van der Waals surface area contributed by atoms with E-state index in [2.05, 4.69) is 10.6 Å². The quantitative estimate of drug-likeness (QED) is 0.478. The van der Waals surface area contributed by atoms with Crippen LogP contribution in [0.4, 0.5) is 0 Å². The molecular weight excluding hydrogens is 420 g/mol. The van der Waals surface area contributed by atoms with Crippen molar-refractivity contribution < 1.29 is 33.9 Å². The molecule has 11 nitrogen and oxygen atoms in total. The van der Waals surface area contributed by atoms with Gasteiger partial charge in [-0.3, -0.25) is 29.0 Å². The molecule has 170 valence electrons. The summed E-state index contributed by atoms with van der Waals surface area (Å²) in [4.78, 5) is 73.4. The summed E-state index contributed by atoms with van der Waals surface area (Å²) in [5.74, 6) is -3.45. The number of aliphatic carboxylic acids is 1. The molecule has 32 heavy (non-hydrogen) atoms. The van der Waals surface area contributed by atoms with Gasteiger partial charge in [0.15, 0.2) is 0 Å². The number of hydrogen-bond donors (Lipinski definition) is 3. The number of carboxylic acids is 1. The molecule has 2 fully saturated rings. The van der Waals surface area contributed by atoms with Gasteiger partial charge in [0.2, 0.25) is 11.8 Å². The minimum Gasteiger partial charge on any atom is -0.481 e. The summed E-state index contributed by atoms with van der Waals surface area (Å²) in [5.41, 5.74) is 0.350. The van der Waals surface area contributed by atoms with Crippen molar-refractivity contribution in [3.05, 3.63) is 35.9 Å². The molecule has 2 saturated heterocycles. The highest BCUT2D eigenvalue weighted by molar-refractivity contribution is 5.99. The van der Waals surface area contributed by atoms with E-state index in [1.165, 1.54) is 5.01 Å². The van der Waals surface area contributed by atoms with Gasteiger partial charge in [0.05, 0.1) is 12.5 Å². The molecule has 0 saturated carbocycles. The van der Waals surface area contributed by atoms with Gasteiger partial charge < -0.3 is 20.5 Å². The van der Waals surface area contributed by atoms with Gasteiger partial charge in [0.1, 0.15) is 18.4 Å². The molecule has 3 atom stereocenters. The van der Waals surface area contributed by atoms with Crippen LogP contribution in [0.1, 0.15) is 42.5 Å². The third-order valence-electron chi connectivity index (χ3n) is 5.39. The molecule has 3 rings (SSSR count). The number of hydrogen-bond acceptors (Lipinski definition) is 6. The van der Waals surface area contributed by atoms with Crippen LogP contribution in [0.5, 0.6) is 0 Å². The predicted molar refractivity (Wildman–Crippen MR) is 109 cm³/mol. The standard InChI is InChI=1S/C21H24N4O7/c26-12-14(11-18(28)29)22-20(31)16-7-4-10-24-17(27)9-8-15(21(32)25(16)24)23-19(30)13-5-2-1-3-6-13/h1-3,5-6,12,14-16H,4,7-11H2,(H,22,31)(H,23,30)(H,28,29)/t14-,15+,16-/m0/s1. The second-order valence-corrected chi connectivity index (χ2v) is 7.64. The molecule has 0 aromatic heterocycles. The van der Waals surface area contributed by atoms with E-state index in [1.54, 1.807) is 30.3 Å². The highest BCUT2D eigenvalue weighted by Crippen LogP contribution is 2.25. The Bertz CT molecular complexity index is 920. The van der Waals surface area contributed by atoms with Crippen molar-refractivity contribution in [3.8, 4) is 0 Å². The lowest BCUT2D eigenvalue weighted by Crippen LogP contribution is -2.64. The average molecular weight is 444 g/mol. The number of hydrazine groups is 1. The Morgan fingerprint density at radius 2 is 1.88 bits per heavy atom. The lowest BCUT2D eigenvalue weighted by molar-refractivity contribution is -0.176. The number of benzene rings is 1. The Morgan fingerprint density at radius 3 is 2.53 bits per heavy atom. The maximum Gasteiger partial charge on any atom is 0.305 e. The number of carboxylic acid groups (broad SMARTS) is 1. The number of carbonyl (C=O) groups is 6. The minimum atomic E-state index is -1.27. The van der Waals surface area contributed by atoms with E-state index in [4.69, 9.17) is 5.11 Å². The maximum atomic E-state index is 13.3. The normalized spacial score (nSPS) is 21.8. The summed E-state index contributed by atoms with van der Waals surface area (Å²) in [6.45, 7) is 0.236. The molecule has 2 aliphatic heterocycles. The summed E-state index contributed by atoms with van der Waals surface area (Å²) >= 11 is 0. The topological polar surface area (TPSA) is 153 Å². The average Bonchev–Trinajstić information content (AvgIpc) is 2.90. The number of carbonyl (C=O) groups excluding carboxylic acids is 5. The monoisotopic (exact) mass is 444 g/mol. The van der Waals surface area contributed by atoms with Gasteiger partial charge in [0, 0.05) is 18.5 Å². The van der Waals surface area contributed by atoms with Gasteiger partial charge in [-0.05, 0) is 31.4 Å². The fourth-order valence-electron chi connectivity index (χ4n) is 3.84. The number of amides is 4. The Hall–Kier alpha value is -3.76. The minimum absolute atomic E-state index is 0.00624. The first-order valence-electron chi connectivity index (χ1n) is 10.3. The van der Waals surface area contributed by atoms with Crippen molar-refractivity contribution in [2.45, 2.75) is 50.2 Å². The highest BCUT2D eigenvalue weighted by Gasteiger charge is 2.44. The first-order chi connectivity index (χ1) is 15.3. The second kappa shape index (κ2) is 10.0. The van der Waals surface area contributed by atoms with E-state index in [0.717, 1.165) is 5.01 Å². The molecule has 1 aromatic rings. The van der Waals surface area contributed by atoms with Crippen LogP contribution in [-0.4, -0.2) is 75.7 Å². The van der Waals surface area contributed by atoms with Crippen LogP contribution >= 0.6 is 0 Å². The zero-order valence-electron chi connectivity index (χ0n) is 17.2. The number of nitrogens with zero attached hydrogens (tertiary/aromatic N) is 2. The van der Waals surface area contributed by atoms with Crippen LogP contribution in [0.25, 0.3) is 0 Å². The highest BCUT2D eigenvalue weighted by atomic mass is 16.4. The van der Waals surface area contributed by atoms with Gasteiger partial charge in [-0.2, -0.15) is 0 Å². The third-order valence-corrected chi connectivity index (χ3v) is 5.39. The zero-order valence-corrected chi connectivity index (χ0v) is 17.2. The SMILES string of the molecule is O=C[C@H](CC(=O)O)NC(=O)[C@@H]1CCCN2C(=O)CC[C@@H](NC(=O)c3ccccc3)C(=O)N12. The zero-order chi connectivity index (χ0) is 23.3. The third kappa shape index (κ3) is 5.10. The summed E-state index contributed by atoms with van der Waals surface area (Å²) < 4.78 is 0. The van der Waals surface area contributed by atoms with E-state index in [0.29, 0.717) is 18.3 Å². The Labute approximate surface area is 183 Å². The van der Waals surface area contributed by atoms with Gasteiger partial charge in [-0.1, -0.05) is 18.2 Å². The van der Waals surface area contributed by atoms with Crippen LogP contribution in [0.2, 0.25) is 0 Å². The molecule has 4 amide bonds. The van der Waals surface area contributed by atoms with Gasteiger partial charge >= 0.3 is 5.97 Å². The lowest BCUT2D eigenvalue weighted by atomic mass is 10.0. The van der Waals surface area contributed by atoms with Crippen LogP contribution in [-0.2, 0) is 24.0 Å². The smallest absolute Gasteiger partial charge is 0.305 e.